The fourth-order valence-corrected chi connectivity index (χ4v) is 1.38. The van der Waals surface area contributed by atoms with Gasteiger partial charge in [0.1, 0.15) is 6.04 Å². The van der Waals surface area contributed by atoms with Gasteiger partial charge in [-0.2, -0.15) is 0 Å². The summed E-state index contributed by atoms with van der Waals surface area (Å²) in [7, 11) is 0. The van der Waals surface area contributed by atoms with Crippen molar-refractivity contribution >= 4 is 12.1 Å². The molecule has 1 rings (SSSR count). The van der Waals surface area contributed by atoms with Crippen LogP contribution in [0, 0.1) is 0 Å². The maximum atomic E-state index is 10.6. The van der Waals surface area contributed by atoms with Crippen molar-refractivity contribution in [3.63, 3.8) is 0 Å². The summed E-state index contributed by atoms with van der Waals surface area (Å²) < 4.78 is 0. The minimum absolute atomic E-state index is 0.131. The molecule has 0 aliphatic carbocycles. The van der Waals surface area contributed by atoms with Gasteiger partial charge in [-0.05, 0) is 12.8 Å². The normalized spacial score (nSPS) is 22.9. The van der Waals surface area contributed by atoms with Crippen LogP contribution in [0.1, 0.15) is 12.8 Å². The maximum absolute atomic E-state index is 10.6. The summed E-state index contributed by atoms with van der Waals surface area (Å²) in [5.41, 5.74) is 0.764. The smallest absolute Gasteiger partial charge is 0.408 e. The van der Waals surface area contributed by atoms with E-state index in [1.54, 1.807) is 0 Å². The molecule has 2 N–H and O–H groups in total. The molecule has 1 heterocycles. The first-order valence-corrected chi connectivity index (χ1v) is 3.91. The number of rotatable bonds is 1. The van der Waals surface area contributed by atoms with Crippen molar-refractivity contribution in [2.75, 3.05) is 6.54 Å². The van der Waals surface area contributed by atoms with Gasteiger partial charge >= 0.3 is 12.1 Å². The first kappa shape index (κ1) is 9.57. The lowest BCUT2D eigenvalue weighted by Crippen LogP contribution is -2.47. The lowest BCUT2D eigenvalue weighted by atomic mass is 9.99. The molecule has 1 aliphatic rings. The molecule has 0 aromatic heterocycles. The van der Waals surface area contributed by atoms with Crippen molar-refractivity contribution in [1.82, 2.24) is 4.90 Å². The number of hydrogen-bond donors (Lipinski definition) is 2. The summed E-state index contributed by atoms with van der Waals surface area (Å²) >= 11 is 0. The second-order valence-corrected chi connectivity index (χ2v) is 3.05. The summed E-state index contributed by atoms with van der Waals surface area (Å²) in [4.78, 5) is 22.2. The van der Waals surface area contributed by atoms with Gasteiger partial charge in [-0.25, -0.2) is 9.59 Å². The molecule has 5 heteroatoms. The van der Waals surface area contributed by atoms with Crippen LogP contribution in [0.25, 0.3) is 0 Å². The van der Waals surface area contributed by atoms with Gasteiger partial charge in [-0.1, -0.05) is 12.2 Å². The first-order chi connectivity index (χ1) is 6.02. The molecule has 0 spiro atoms. The molecule has 0 radical (unpaired) electrons. The third kappa shape index (κ3) is 1.99. The highest BCUT2D eigenvalue weighted by molar-refractivity contribution is 5.79. The summed E-state index contributed by atoms with van der Waals surface area (Å²) in [6, 6.07) is -0.914. The van der Waals surface area contributed by atoms with Crippen LogP contribution in [-0.2, 0) is 4.79 Å². The van der Waals surface area contributed by atoms with E-state index in [4.69, 9.17) is 10.2 Å². The Labute approximate surface area is 75.3 Å². The Morgan fingerprint density at radius 2 is 2.08 bits per heavy atom. The minimum Gasteiger partial charge on any atom is -0.480 e. The Morgan fingerprint density at radius 3 is 2.54 bits per heavy atom. The minimum atomic E-state index is -1.20. The number of carbonyl (C=O) groups is 2. The fourth-order valence-electron chi connectivity index (χ4n) is 1.38. The van der Waals surface area contributed by atoms with Crippen molar-refractivity contribution < 1.29 is 19.8 Å². The molecule has 0 aromatic rings. The van der Waals surface area contributed by atoms with Gasteiger partial charge in [0.05, 0.1) is 0 Å². The van der Waals surface area contributed by atoms with Crippen LogP contribution >= 0.6 is 0 Å². The molecule has 1 atom stereocenters. The van der Waals surface area contributed by atoms with Crippen LogP contribution < -0.4 is 0 Å². The summed E-state index contributed by atoms with van der Waals surface area (Å²) in [6.07, 6.45) is -0.297. The van der Waals surface area contributed by atoms with E-state index in [9.17, 15) is 9.59 Å². The van der Waals surface area contributed by atoms with Gasteiger partial charge in [-0.15, -0.1) is 0 Å². The topological polar surface area (TPSA) is 77.8 Å². The number of hydrogen-bond acceptors (Lipinski definition) is 2. The van der Waals surface area contributed by atoms with Crippen molar-refractivity contribution in [3.8, 4) is 0 Å². The first-order valence-electron chi connectivity index (χ1n) is 3.91. The molecule has 1 aliphatic heterocycles. The molecule has 0 aromatic carbocycles. The van der Waals surface area contributed by atoms with Gasteiger partial charge < -0.3 is 10.2 Å². The van der Waals surface area contributed by atoms with Crippen LogP contribution in [0.5, 0.6) is 0 Å². The zero-order chi connectivity index (χ0) is 10.0. The Bertz CT molecular complexity index is 261. The molecule has 0 saturated carbocycles. The fraction of sp³-hybridized carbons (Fsp3) is 0.500. The third-order valence-electron chi connectivity index (χ3n) is 2.07. The van der Waals surface area contributed by atoms with Crippen LogP contribution in [-0.4, -0.2) is 39.8 Å². The number of amides is 1. The zero-order valence-electron chi connectivity index (χ0n) is 7.06. The second kappa shape index (κ2) is 3.47. The van der Waals surface area contributed by atoms with Crippen LogP contribution in [0.4, 0.5) is 4.79 Å². The van der Waals surface area contributed by atoms with Gasteiger partial charge in [0, 0.05) is 6.54 Å². The number of likely N-dealkylation sites (tertiary alicyclic amines) is 1. The summed E-state index contributed by atoms with van der Waals surface area (Å²) in [5.74, 6) is -1.09. The van der Waals surface area contributed by atoms with E-state index in [0.717, 1.165) is 10.5 Å². The van der Waals surface area contributed by atoms with Crippen molar-refractivity contribution in [1.29, 1.82) is 0 Å². The van der Waals surface area contributed by atoms with Gasteiger partial charge in [0.15, 0.2) is 0 Å². The molecule has 13 heavy (non-hydrogen) atoms. The molecule has 1 saturated heterocycles. The highest BCUT2D eigenvalue weighted by Crippen LogP contribution is 2.20. The zero-order valence-corrected chi connectivity index (χ0v) is 7.06. The van der Waals surface area contributed by atoms with E-state index in [-0.39, 0.29) is 6.54 Å². The predicted molar refractivity (Wildman–Crippen MR) is 44.5 cm³/mol. The van der Waals surface area contributed by atoms with Gasteiger partial charge in [0.25, 0.3) is 0 Å². The average molecular weight is 185 g/mol. The summed E-state index contributed by atoms with van der Waals surface area (Å²) in [5, 5.41) is 17.4. The molecule has 0 bridgehead atoms. The van der Waals surface area contributed by atoms with Gasteiger partial charge in [0.2, 0.25) is 0 Å². The van der Waals surface area contributed by atoms with Crippen LogP contribution in [0.2, 0.25) is 0 Å². The van der Waals surface area contributed by atoms with E-state index in [1.165, 1.54) is 0 Å². The quantitative estimate of drug-likeness (QED) is 0.591. The largest absolute Gasteiger partial charge is 0.480 e. The number of carboxylic acid groups (broad SMARTS) is 2. The maximum Gasteiger partial charge on any atom is 0.408 e. The van der Waals surface area contributed by atoms with Crippen molar-refractivity contribution in [2.45, 2.75) is 18.9 Å². The average Bonchev–Trinajstić information content (AvgIpc) is 2.03. The van der Waals surface area contributed by atoms with Crippen LogP contribution in [0.15, 0.2) is 12.2 Å². The van der Waals surface area contributed by atoms with E-state index in [2.05, 4.69) is 6.58 Å². The van der Waals surface area contributed by atoms with E-state index in [1.807, 2.05) is 0 Å². The molecule has 0 unspecified atom stereocenters. The standard InChI is InChI=1S/C8H11NO4/c1-5-2-3-6(7(10)11)9(4-5)8(12)13/h6H,1-4H2,(H,10,11)(H,12,13)/t6-/m0/s1. The predicted octanol–water partition coefficient (Wildman–Crippen LogP) is 0.770. The second-order valence-electron chi connectivity index (χ2n) is 3.05. The highest BCUT2D eigenvalue weighted by Gasteiger charge is 2.32. The molecule has 5 nitrogen and oxygen atoms in total. The molecule has 72 valence electrons. The Morgan fingerprint density at radius 1 is 1.46 bits per heavy atom. The number of piperidine rings is 1. The lowest BCUT2D eigenvalue weighted by Gasteiger charge is -2.31. The molecule has 1 amide bonds. The Balaban J connectivity index is 2.77. The SMILES string of the molecule is C=C1CC[C@@H](C(=O)O)N(C(=O)O)C1. The third-order valence-corrected chi connectivity index (χ3v) is 2.07. The Kier molecular flexibility index (Phi) is 2.55. The van der Waals surface area contributed by atoms with E-state index >= 15 is 0 Å². The highest BCUT2D eigenvalue weighted by atomic mass is 16.4. The number of carboxylic acids is 1. The lowest BCUT2D eigenvalue weighted by molar-refractivity contribution is -0.143. The molecule has 1 fully saturated rings. The molecular formula is C8H11NO4. The molecular weight excluding hydrogens is 174 g/mol. The van der Waals surface area contributed by atoms with Crippen molar-refractivity contribution in [2.24, 2.45) is 0 Å². The van der Waals surface area contributed by atoms with E-state index in [0.29, 0.717) is 12.8 Å². The number of nitrogens with zero attached hydrogens (tertiary/aromatic N) is 1. The number of aliphatic carboxylic acids is 1. The van der Waals surface area contributed by atoms with Gasteiger partial charge in [-0.3, -0.25) is 4.90 Å². The van der Waals surface area contributed by atoms with Crippen molar-refractivity contribution in [3.05, 3.63) is 12.2 Å². The van der Waals surface area contributed by atoms with Crippen LogP contribution in [0.3, 0.4) is 0 Å². The summed E-state index contributed by atoms with van der Waals surface area (Å²) in [6.45, 7) is 3.77. The van der Waals surface area contributed by atoms with E-state index < -0.39 is 18.1 Å². The monoisotopic (exact) mass is 185 g/mol. The Hall–Kier alpha value is -1.52.